The maximum Gasteiger partial charge on any atom is 0.254 e. The first kappa shape index (κ1) is 20.8. The topological polar surface area (TPSA) is 58.6 Å². The summed E-state index contributed by atoms with van der Waals surface area (Å²) < 4.78 is 6.10. The summed E-state index contributed by atoms with van der Waals surface area (Å²) in [6, 6.07) is 12.4. The molecule has 6 heteroatoms. The van der Waals surface area contributed by atoms with Gasteiger partial charge in [-0.3, -0.25) is 9.59 Å². The van der Waals surface area contributed by atoms with Gasteiger partial charge in [0, 0.05) is 30.3 Å². The van der Waals surface area contributed by atoms with Crippen LogP contribution in [0.15, 0.2) is 54.4 Å². The molecular weight excluding hydrogens is 396 g/mol. The van der Waals surface area contributed by atoms with Crippen molar-refractivity contribution in [3.8, 4) is 10.4 Å². The summed E-state index contributed by atoms with van der Waals surface area (Å²) in [6.45, 7) is 5.26. The Morgan fingerprint density at radius 3 is 2.70 bits per heavy atom. The van der Waals surface area contributed by atoms with Gasteiger partial charge >= 0.3 is 0 Å². The molecule has 0 bridgehead atoms. The van der Waals surface area contributed by atoms with E-state index in [0.717, 1.165) is 30.4 Å². The lowest BCUT2D eigenvalue weighted by molar-refractivity contribution is -0.168. The number of carbonyl (C=O) groups excluding carboxylic acids is 2. The second kappa shape index (κ2) is 9.14. The molecule has 2 amide bonds. The monoisotopic (exact) mass is 424 g/mol. The fourth-order valence-corrected chi connectivity index (χ4v) is 4.83. The lowest BCUT2D eigenvalue weighted by Crippen LogP contribution is -2.62. The van der Waals surface area contributed by atoms with Crippen molar-refractivity contribution in [2.75, 3.05) is 26.2 Å². The van der Waals surface area contributed by atoms with Gasteiger partial charge in [0.05, 0.1) is 13.2 Å². The molecule has 2 aromatic rings. The summed E-state index contributed by atoms with van der Waals surface area (Å²) >= 11 is 1.70. The summed E-state index contributed by atoms with van der Waals surface area (Å²) in [5, 5.41) is 4.96. The third-order valence-corrected chi connectivity index (χ3v) is 6.94. The summed E-state index contributed by atoms with van der Waals surface area (Å²) in [4.78, 5) is 29.0. The van der Waals surface area contributed by atoms with Crippen molar-refractivity contribution < 1.29 is 14.3 Å². The number of thiophene rings is 1. The van der Waals surface area contributed by atoms with Crippen LogP contribution in [-0.2, 0) is 20.7 Å². The summed E-state index contributed by atoms with van der Waals surface area (Å²) in [5.41, 5.74) is 1.10. The van der Waals surface area contributed by atoms with E-state index in [2.05, 4.69) is 35.5 Å². The molecule has 2 heterocycles. The molecule has 1 saturated carbocycles. The highest BCUT2D eigenvalue weighted by atomic mass is 32.1. The zero-order valence-electron chi connectivity index (χ0n) is 17.1. The molecule has 1 N–H and O–H groups in total. The quantitative estimate of drug-likeness (QED) is 0.690. The SMILES string of the molecule is C=CCNC(=O)[C@]1(Cc2ccc(-c3cccs3)cc2)CN(C(=O)C2CCC2)CCO1. The molecule has 2 aliphatic rings. The largest absolute Gasteiger partial charge is 0.361 e. The number of carbonyl (C=O) groups is 2. The molecule has 1 saturated heterocycles. The number of nitrogens with one attached hydrogen (secondary N) is 1. The number of hydrogen-bond acceptors (Lipinski definition) is 4. The van der Waals surface area contributed by atoms with E-state index in [9.17, 15) is 9.59 Å². The van der Waals surface area contributed by atoms with Gasteiger partial charge < -0.3 is 15.0 Å². The van der Waals surface area contributed by atoms with Crippen LogP contribution in [0.1, 0.15) is 24.8 Å². The van der Waals surface area contributed by atoms with E-state index in [1.807, 2.05) is 23.1 Å². The molecule has 0 radical (unpaired) electrons. The van der Waals surface area contributed by atoms with Crippen molar-refractivity contribution in [3.05, 3.63) is 60.0 Å². The number of morpholine rings is 1. The highest BCUT2D eigenvalue weighted by Crippen LogP contribution is 2.32. The van der Waals surface area contributed by atoms with Gasteiger partial charge in [-0.05, 0) is 35.4 Å². The van der Waals surface area contributed by atoms with E-state index in [1.165, 1.54) is 4.88 Å². The fraction of sp³-hybridized carbons (Fsp3) is 0.417. The van der Waals surface area contributed by atoms with E-state index in [1.54, 1.807) is 17.4 Å². The van der Waals surface area contributed by atoms with Crippen molar-refractivity contribution in [1.29, 1.82) is 0 Å². The van der Waals surface area contributed by atoms with Crippen LogP contribution in [0.2, 0.25) is 0 Å². The Balaban J connectivity index is 1.55. The van der Waals surface area contributed by atoms with E-state index in [0.29, 0.717) is 26.1 Å². The van der Waals surface area contributed by atoms with E-state index < -0.39 is 5.60 Å². The van der Waals surface area contributed by atoms with Crippen LogP contribution in [0.4, 0.5) is 0 Å². The van der Waals surface area contributed by atoms with Crippen molar-refractivity contribution in [3.63, 3.8) is 0 Å². The van der Waals surface area contributed by atoms with Crippen molar-refractivity contribution in [2.24, 2.45) is 5.92 Å². The summed E-state index contributed by atoms with van der Waals surface area (Å²) in [6.07, 6.45) is 5.10. The molecule has 0 spiro atoms. The Bertz CT molecular complexity index is 890. The molecule has 1 aromatic carbocycles. The minimum atomic E-state index is -1.08. The molecule has 4 rings (SSSR count). The van der Waals surface area contributed by atoms with Crippen LogP contribution in [0, 0.1) is 5.92 Å². The molecular formula is C24H28N2O3S. The van der Waals surface area contributed by atoms with Gasteiger partial charge in [-0.25, -0.2) is 0 Å². The van der Waals surface area contributed by atoms with Crippen molar-refractivity contribution >= 4 is 23.2 Å². The summed E-state index contributed by atoms with van der Waals surface area (Å²) in [7, 11) is 0. The third kappa shape index (κ3) is 4.35. The maximum atomic E-state index is 13.1. The van der Waals surface area contributed by atoms with E-state index in [4.69, 9.17) is 4.74 Å². The van der Waals surface area contributed by atoms with Crippen LogP contribution in [0.5, 0.6) is 0 Å². The first-order chi connectivity index (χ1) is 14.6. The van der Waals surface area contributed by atoms with Gasteiger partial charge in [0.15, 0.2) is 5.60 Å². The predicted molar refractivity (Wildman–Crippen MR) is 119 cm³/mol. The Labute approximate surface area is 181 Å². The first-order valence-corrected chi connectivity index (χ1v) is 11.4. The second-order valence-corrected chi connectivity index (χ2v) is 9.03. The minimum absolute atomic E-state index is 0.113. The molecule has 1 aliphatic heterocycles. The number of rotatable bonds is 7. The standard InChI is InChI=1S/C24H28N2O3S/c1-2-12-25-23(28)24(17-26(13-14-29-24)22(27)20-5-3-6-20)16-18-8-10-19(11-9-18)21-7-4-15-30-21/h2,4,7-11,15,20H,1,3,5-6,12-14,16-17H2,(H,25,28)/t24-/m0/s1. The van der Waals surface area contributed by atoms with Gasteiger partial charge in [-0.15, -0.1) is 17.9 Å². The van der Waals surface area contributed by atoms with Crippen LogP contribution in [-0.4, -0.2) is 48.6 Å². The molecule has 1 aromatic heterocycles. The van der Waals surface area contributed by atoms with Crippen LogP contribution in [0.3, 0.4) is 0 Å². The van der Waals surface area contributed by atoms with E-state index >= 15 is 0 Å². The number of benzene rings is 1. The summed E-state index contributed by atoms with van der Waals surface area (Å²) in [5.74, 6) is 0.0939. The number of hydrogen-bond donors (Lipinski definition) is 1. The minimum Gasteiger partial charge on any atom is -0.361 e. The number of ether oxygens (including phenoxy) is 1. The van der Waals surface area contributed by atoms with Gasteiger partial charge in [0.1, 0.15) is 0 Å². The van der Waals surface area contributed by atoms with Crippen LogP contribution >= 0.6 is 11.3 Å². The molecule has 2 fully saturated rings. The molecule has 1 aliphatic carbocycles. The molecule has 30 heavy (non-hydrogen) atoms. The molecule has 5 nitrogen and oxygen atoms in total. The van der Waals surface area contributed by atoms with Crippen LogP contribution < -0.4 is 5.32 Å². The Kier molecular flexibility index (Phi) is 6.35. The third-order valence-electron chi connectivity index (χ3n) is 6.02. The van der Waals surface area contributed by atoms with Crippen LogP contribution in [0.25, 0.3) is 10.4 Å². The van der Waals surface area contributed by atoms with E-state index in [-0.39, 0.29) is 24.3 Å². The van der Waals surface area contributed by atoms with Crippen molar-refractivity contribution in [1.82, 2.24) is 10.2 Å². The van der Waals surface area contributed by atoms with Gasteiger partial charge in [-0.2, -0.15) is 0 Å². The van der Waals surface area contributed by atoms with Gasteiger partial charge in [0.25, 0.3) is 5.91 Å². The first-order valence-electron chi connectivity index (χ1n) is 10.6. The normalized spacial score (nSPS) is 21.7. The highest BCUT2D eigenvalue weighted by Gasteiger charge is 2.46. The average Bonchev–Trinajstić information content (AvgIpc) is 3.26. The Hall–Kier alpha value is -2.44. The Morgan fingerprint density at radius 1 is 1.27 bits per heavy atom. The molecule has 1 atom stereocenters. The number of nitrogens with zero attached hydrogens (tertiary/aromatic N) is 1. The lowest BCUT2D eigenvalue weighted by Gasteiger charge is -2.43. The van der Waals surface area contributed by atoms with Gasteiger partial charge in [0.2, 0.25) is 5.91 Å². The second-order valence-electron chi connectivity index (χ2n) is 8.08. The number of amides is 2. The predicted octanol–water partition coefficient (Wildman–Crippen LogP) is 3.66. The Morgan fingerprint density at radius 2 is 2.07 bits per heavy atom. The smallest absolute Gasteiger partial charge is 0.254 e. The van der Waals surface area contributed by atoms with Gasteiger partial charge in [-0.1, -0.05) is 42.8 Å². The lowest BCUT2D eigenvalue weighted by atomic mass is 9.83. The fourth-order valence-electron chi connectivity index (χ4n) is 4.10. The van der Waals surface area contributed by atoms with Crippen molar-refractivity contribution in [2.45, 2.75) is 31.3 Å². The molecule has 158 valence electrons. The maximum absolute atomic E-state index is 13.1. The average molecular weight is 425 g/mol. The highest BCUT2D eigenvalue weighted by molar-refractivity contribution is 7.13. The zero-order chi connectivity index (χ0) is 21.0. The molecule has 0 unspecified atom stereocenters. The zero-order valence-corrected chi connectivity index (χ0v) is 18.0.